The van der Waals surface area contributed by atoms with Crippen LogP contribution in [0.25, 0.3) is 0 Å². The number of benzene rings is 1. The second-order valence-electron chi connectivity index (χ2n) is 7.79. The largest absolute Gasteiger partial charge is 0.356 e. The van der Waals surface area contributed by atoms with Gasteiger partial charge in [-0.05, 0) is 49.7 Å². The van der Waals surface area contributed by atoms with Crippen LogP contribution < -0.4 is 0 Å². The first-order valence-electron chi connectivity index (χ1n) is 10.1. The number of sulfonamides is 1. The van der Waals surface area contributed by atoms with Gasteiger partial charge in [-0.1, -0.05) is 30.3 Å². The normalized spacial score (nSPS) is 19.2. The van der Waals surface area contributed by atoms with Crippen LogP contribution in [0.1, 0.15) is 41.7 Å². The smallest absolute Gasteiger partial charge is 0.270 e. The summed E-state index contributed by atoms with van der Waals surface area (Å²) in [5.41, 5.74) is 1.70. The molecule has 0 bridgehead atoms. The van der Waals surface area contributed by atoms with Crippen molar-refractivity contribution in [3.63, 3.8) is 0 Å². The number of H-pyrrole nitrogens is 1. The quantitative estimate of drug-likeness (QED) is 0.837. The van der Waals surface area contributed by atoms with E-state index in [1.54, 1.807) is 0 Å². The van der Waals surface area contributed by atoms with E-state index < -0.39 is 10.0 Å². The van der Waals surface area contributed by atoms with E-state index in [2.05, 4.69) is 29.2 Å². The summed E-state index contributed by atoms with van der Waals surface area (Å²) in [6, 6.07) is 11.9. The molecule has 2 aliphatic rings. The van der Waals surface area contributed by atoms with Gasteiger partial charge in [0.15, 0.2) is 0 Å². The number of hydrogen-bond donors (Lipinski definition) is 1. The fourth-order valence-corrected chi connectivity index (χ4v) is 5.69. The number of aromatic nitrogens is 1. The van der Waals surface area contributed by atoms with Gasteiger partial charge < -0.3 is 9.88 Å². The third-order valence-corrected chi connectivity index (χ3v) is 7.74. The maximum atomic E-state index is 12.8. The molecule has 0 aliphatic carbocycles. The van der Waals surface area contributed by atoms with E-state index >= 15 is 0 Å². The van der Waals surface area contributed by atoms with Gasteiger partial charge in [0, 0.05) is 32.4 Å². The number of hydrogen-bond acceptors (Lipinski definition) is 3. The highest BCUT2D eigenvalue weighted by atomic mass is 32.2. The van der Waals surface area contributed by atoms with E-state index in [0.29, 0.717) is 37.8 Å². The van der Waals surface area contributed by atoms with Crippen molar-refractivity contribution in [1.29, 1.82) is 0 Å². The standard InChI is InChI=1S/C21H27N3O3S/c25-21(20-15-19(16-22-20)28(26,27)24-10-4-5-11-24)23-12-8-18(9-13-23)14-17-6-2-1-3-7-17/h1-3,6-7,15-16,18,22H,4-5,8-14H2. The average molecular weight is 402 g/mol. The Labute approximate surface area is 166 Å². The van der Waals surface area contributed by atoms with Crippen molar-refractivity contribution in [3.8, 4) is 0 Å². The molecule has 4 rings (SSSR count). The van der Waals surface area contributed by atoms with Gasteiger partial charge in [0.2, 0.25) is 10.0 Å². The zero-order valence-electron chi connectivity index (χ0n) is 16.0. The Kier molecular flexibility index (Phi) is 5.55. The minimum absolute atomic E-state index is 0.110. The lowest BCUT2D eigenvalue weighted by Crippen LogP contribution is -2.39. The summed E-state index contributed by atoms with van der Waals surface area (Å²) in [6.07, 6.45) is 6.23. The summed E-state index contributed by atoms with van der Waals surface area (Å²) in [7, 11) is -3.49. The second kappa shape index (κ2) is 8.09. The minimum atomic E-state index is -3.49. The first-order chi connectivity index (χ1) is 13.5. The lowest BCUT2D eigenvalue weighted by Gasteiger charge is -2.31. The third kappa shape index (κ3) is 4.00. The Bertz CT molecular complexity index is 909. The van der Waals surface area contributed by atoms with Crippen LogP contribution >= 0.6 is 0 Å². The molecule has 150 valence electrons. The van der Waals surface area contributed by atoms with Gasteiger partial charge >= 0.3 is 0 Å². The van der Waals surface area contributed by atoms with Crippen molar-refractivity contribution in [2.24, 2.45) is 5.92 Å². The SMILES string of the molecule is O=C(c1cc(S(=O)(=O)N2CCCC2)c[nH]1)N1CCC(Cc2ccccc2)CC1. The molecule has 2 fully saturated rings. The molecule has 1 aromatic heterocycles. The zero-order chi connectivity index (χ0) is 19.6. The molecule has 2 aromatic rings. The van der Waals surface area contributed by atoms with E-state index in [1.807, 2.05) is 11.0 Å². The summed E-state index contributed by atoms with van der Waals surface area (Å²) in [4.78, 5) is 17.7. The summed E-state index contributed by atoms with van der Waals surface area (Å²) >= 11 is 0. The molecule has 7 heteroatoms. The molecule has 0 radical (unpaired) electrons. The highest BCUT2D eigenvalue weighted by Gasteiger charge is 2.30. The molecule has 2 saturated heterocycles. The van der Waals surface area contributed by atoms with Crippen molar-refractivity contribution in [2.75, 3.05) is 26.2 Å². The molecule has 0 unspecified atom stereocenters. The van der Waals surface area contributed by atoms with Crippen molar-refractivity contribution in [3.05, 3.63) is 53.9 Å². The van der Waals surface area contributed by atoms with E-state index in [0.717, 1.165) is 32.1 Å². The molecular formula is C21H27N3O3S. The number of nitrogens with one attached hydrogen (secondary N) is 1. The van der Waals surface area contributed by atoms with Crippen molar-refractivity contribution >= 4 is 15.9 Å². The molecule has 6 nitrogen and oxygen atoms in total. The number of rotatable bonds is 5. The highest BCUT2D eigenvalue weighted by molar-refractivity contribution is 7.89. The lowest BCUT2D eigenvalue weighted by atomic mass is 9.90. The molecular weight excluding hydrogens is 374 g/mol. The number of likely N-dealkylation sites (tertiary alicyclic amines) is 1. The Morgan fingerprint density at radius 2 is 1.71 bits per heavy atom. The van der Waals surface area contributed by atoms with Gasteiger partial charge in [0.25, 0.3) is 5.91 Å². The molecule has 0 atom stereocenters. The van der Waals surface area contributed by atoms with E-state index in [1.165, 1.54) is 22.1 Å². The van der Waals surface area contributed by atoms with Crippen molar-refractivity contribution < 1.29 is 13.2 Å². The average Bonchev–Trinajstić information content (AvgIpc) is 3.42. The minimum Gasteiger partial charge on any atom is -0.356 e. The molecule has 1 aromatic carbocycles. The first-order valence-corrected chi connectivity index (χ1v) is 11.5. The fraction of sp³-hybridized carbons (Fsp3) is 0.476. The lowest BCUT2D eigenvalue weighted by molar-refractivity contribution is 0.0685. The maximum Gasteiger partial charge on any atom is 0.270 e. The van der Waals surface area contributed by atoms with Crippen LogP contribution in [0.3, 0.4) is 0 Å². The Hall–Kier alpha value is -2.12. The van der Waals surface area contributed by atoms with Gasteiger partial charge in [-0.2, -0.15) is 4.31 Å². The molecule has 0 spiro atoms. The van der Waals surface area contributed by atoms with Crippen LogP contribution in [0.2, 0.25) is 0 Å². The molecule has 3 heterocycles. The summed E-state index contributed by atoms with van der Waals surface area (Å²) in [6.45, 7) is 2.55. The number of carbonyl (C=O) groups is 1. The second-order valence-corrected chi connectivity index (χ2v) is 9.72. The highest BCUT2D eigenvalue weighted by Crippen LogP contribution is 2.25. The van der Waals surface area contributed by atoms with Gasteiger partial charge in [-0.15, -0.1) is 0 Å². The number of nitrogens with zero attached hydrogens (tertiary/aromatic N) is 2. The Morgan fingerprint density at radius 1 is 1.04 bits per heavy atom. The van der Waals surface area contributed by atoms with E-state index in [-0.39, 0.29) is 10.8 Å². The molecule has 1 N–H and O–H groups in total. The Balaban J connectivity index is 1.36. The zero-order valence-corrected chi connectivity index (χ0v) is 16.8. The topological polar surface area (TPSA) is 73.5 Å². The number of piperidine rings is 1. The third-order valence-electron chi connectivity index (χ3n) is 5.86. The van der Waals surface area contributed by atoms with Crippen molar-refractivity contribution in [2.45, 2.75) is 37.0 Å². The molecule has 0 saturated carbocycles. The predicted octanol–water partition coefficient (Wildman–Crippen LogP) is 2.89. The van der Waals surface area contributed by atoms with E-state index in [4.69, 9.17) is 0 Å². The molecule has 28 heavy (non-hydrogen) atoms. The number of amides is 1. The first kappa shape index (κ1) is 19.2. The van der Waals surface area contributed by atoms with Crippen LogP contribution in [-0.4, -0.2) is 54.7 Å². The summed E-state index contributed by atoms with van der Waals surface area (Å²) < 4.78 is 26.8. The summed E-state index contributed by atoms with van der Waals surface area (Å²) in [5, 5.41) is 0. The van der Waals surface area contributed by atoms with Crippen LogP contribution in [0, 0.1) is 5.92 Å². The van der Waals surface area contributed by atoms with E-state index in [9.17, 15) is 13.2 Å². The van der Waals surface area contributed by atoms with Crippen LogP contribution in [0.4, 0.5) is 0 Å². The number of carbonyl (C=O) groups excluding carboxylic acids is 1. The Morgan fingerprint density at radius 3 is 2.39 bits per heavy atom. The number of aromatic amines is 1. The van der Waals surface area contributed by atoms with Crippen molar-refractivity contribution in [1.82, 2.24) is 14.2 Å². The van der Waals surface area contributed by atoms with Crippen LogP contribution in [0.5, 0.6) is 0 Å². The van der Waals surface area contributed by atoms with Gasteiger partial charge in [0.05, 0.1) is 0 Å². The van der Waals surface area contributed by atoms with Crippen LogP contribution in [0.15, 0.2) is 47.5 Å². The molecule has 2 aliphatic heterocycles. The van der Waals surface area contributed by atoms with Gasteiger partial charge in [-0.3, -0.25) is 4.79 Å². The van der Waals surface area contributed by atoms with Crippen LogP contribution in [-0.2, 0) is 16.4 Å². The fourth-order valence-electron chi connectivity index (χ4n) is 4.18. The van der Waals surface area contributed by atoms with Gasteiger partial charge in [0.1, 0.15) is 10.6 Å². The predicted molar refractivity (Wildman–Crippen MR) is 108 cm³/mol. The summed E-state index contributed by atoms with van der Waals surface area (Å²) in [5.74, 6) is 0.474. The monoisotopic (exact) mass is 401 g/mol. The molecule has 1 amide bonds. The van der Waals surface area contributed by atoms with Gasteiger partial charge in [-0.25, -0.2) is 8.42 Å². The maximum absolute atomic E-state index is 12.8.